The number of ether oxygens (including phenoxy) is 1. The van der Waals surface area contributed by atoms with Crippen molar-refractivity contribution in [1.82, 2.24) is 25.3 Å². The topological polar surface area (TPSA) is 97.1 Å². The highest BCUT2D eigenvalue weighted by Gasteiger charge is 2.34. The van der Waals surface area contributed by atoms with Crippen LogP contribution in [0.25, 0.3) is 10.9 Å². The lowest BCUT2D eigenvalue weighted by molar-refractivity contribution is -0.0108. The summed E-state index contributed by atoms with van der Waals surface area (Å²) in [4.78, 5) is 14.8. The summed E-state index contributed by atoms with van der Waals surface area (Å²) in [5, 5.41) is 15.8. The number of carbonyl (C=O) groups is 1. The molecule has 1 aromatic carbocycles. The van der Waals surface area contributed by atoms with Crippen LogP contribution in [0.15, 0.2) is 22.6 Å². The molecule has 1 aliphatic rings. The molecule has 24 heavy (non-hydrogen) atoms. The van der Waals surface area contributed by atoms with Crippen molar-refractivity contribution < 1.29 is 13.9 Å². The molecule has 124 valence electrons. The van der Waals surface area contributed by atoms with Crippen molar-refractivity contribution in [3.8, 4) is 0 Å². The molecule has 3 heterocycles. The van der Waals surface area contributed by atoms with Crippen LogP contribution in [0.5, 0.6) is 0 Å². The lowest BCUT2D eigenvalue weighted by Gasteiger charge is -2.32. The molecule has 8 nitrogen and oxygen atoms in total. The number of nitrogens with zero attached hydrogens (tertiary/aromatic N) is 4. The maximum absolute atomic E-state index is 13.1. The Bertz CT molecular complexity index is 900. The first-order valence-corrected chi connectivity index (χ1v) is 7.77. The molecule has 0 aliphatic carbocycles. The first kappa shape index (κ1) is 14.8. The van der Waals surface area contributed by atoms with Crippen LogP contribution < -0.4 is 0 Å². The zero-order chi connectivity index (χ0) is 16.7. The van der Waals surface area contributed by atoms with Gasteiger partial charge in [-0.1, -0.05) is 11.6 Å². The smallest absolute Gasteiger partial charge is 0.275 e. The number of amides is 1. The molecular formula is C16H17N5O3. The maximum Gasteiger partial charge on any atom is 0.275 e. The molecule has 1 atom stereocenters. The predicted molar refractivity (Wildman–Crippen MR) is 84.5 cm³/mol. The van der Waals surface area contributed by atoms with Gasteiger partial charge in [0.25, 0.3) is 5.91 Å². The van der Waals surface area contributed by atoms with Gasteiger partial charge in [-0.3, -0.25) is 9.89 Å². The number of rotatable bonds is 2. The van der Waals surface area contributed by atoms with Gasteiger partial charge in [0.15, 0.2) is 5.69 Å². The fourth-order valence-electron chi connectivity index (χ4n) is 2.92. The molecule has 8 heteroatoms. The SMILES string of the molecule is Cc1ccc2[nH]nc(C(=O)N3CCOC[C@@H]3c3nnc(C)o3)c2c1. The van der Waals surface area contributed by atoms with Gasteiger partial charge in [-0.25, -0.2) is 0 Å². The van der Waals surface area contributed by atoms with Crippen LogP contribution in [-0.2, 0) is 4.74 Å². The van der Waals surface area contributed by atoms with Gasteiger partial charge in [0, 0.05) is 18.9 Å². The minimum atomic E-state index is -0.399. The largest absolute Gasteiger partial charge is 0.423 e. The molecule has 0 saturated carbocycles. The van der Waals surface area contributed by atoms with Gasteiger partial charge < -0.3 is 14.1 Å². The molecule has 0 bridgehead atoms. The van der Waals surface area contributed by atoms with Gasteiger partial charge in [-0.2, -0.15) is 5.10 Å². The standard InChI is InChI=1S/C16H17N5O3/c1-9-3-4-12-11(7-9)14(19-18-12)16(22)21-5-6-23-8-13(21)15-20-17-10(2)24-15/h3-4,7,13H,5-6,8H2,1-2H3,(H,18,19)/t13-/m1/s1. The van der Waals surface area contributed by atoms with E-state index in [0.29, 0.717) is 37.2 Å². The average molecular weight is 327 g/mol. The summed E-state index contributed by atoms with van der Waals surface area (Å²) in [6.07, 6.45) is 0. The highest BCUT2D eigenvalue weighted by Crippen LogP contribution is 2.27. The minimum absolute atomic E-state index is 0.170. The quantitative estimate of drug-likeness (QED) is 0.770. The summed E-state index contributed by atoms with van der Waals surface area (Å²) in [6.45, 7) is 4.95. The molecule has 0 unspecified atom stereocenters. The van der Waals surface area contributed by atoms with E-state index < -0.39 is 6.04 Å². The Morgan fingerprint density at radius 2 is 2.21 bits per heavy atom. The first-order valence-electron chi connectivity index (χ1n) is 7.77. The summed E-state index contributed by atoms with van der Waals surface area (Å²) >= 11 is 0. The number of hydrogen-bond donors (Lipinski definition) is 1. The van der Waals surface area contributed by atoms with Crippen molar-refractivity contribution >= 4 is 16.8 Å². The number of H-pyrrole nitrogens is 1. The highest BCUT2D eigenvalue weighted by atomic mass is 16.5. The van der Waals surface area contributed by atoms with Crippen LogP contribution in [0.4, 0.5) is 0 Å². The van der Waals surface area contributed by atoms with Gasteiger partial charge in [0.05, 0.1) is 18.7 Å². The molecular weight excluding hydrogens is 310 g/mol. The number of fused-ring (bicyclic) bond motifs is 1. The fourth-order valence-corrected chi connectivity index (χ4v) is 2.92. The molecule has 1 fully saturated rings. The van der Waals surface area contributed by atoms with Gasteiger partial charge in [-0.05, 0) is 19.1 Å². The van der Waals surface area contributed by atoms with Crippen molar-refractivity contribution in [3.05, 3.63) is 41.2 Å². The van der Waals surface area contributed by atoms with E-state index in [0.717, 1.165) is 16.5 Å². The molecule has 1 N–H and O–H groups in total. The van der Waals surface area contributed by atoms with Gasteiger partial charge >= 0.3 is 0 Å². The number of benzene rings is 1. The molecule has 1 amide bonds. The fraction of sp³-hybridized carbons (Fsp3) is 0.375. The zero-order valence-corrected chi connectivity index (χ0v) is 13.4. The normalized spacial score (nSPS) is 18.2. The number of carbonyl (C=O) groups excluding carboxylic acids is 1. The third kappa shape index (κ3) is 2.44. The van der Waals surface area contributed by atoms with E-state index in [1.807, 2.05) is 25.1 Å². The van der Waals surface area contributed by atoms with Crippen LogP contribution in [-0.4, -0.2) is 51.0 Å². The number of aryl methyl sites for hydroxylation is 2. The van der Waals surface area contributed by atoms with Crippen LogP contribution in [0.1, 0.15) is 33.9 Å². The Kier molecular flexibility index (Phi) is 3.53. The van der Waals surface area contributed by atoms with Crippen molar-refractivity contribution in [2.45, 2.75) is 19.9 Å². The van der Waals surface area contributed by atoms with Crippen LogP contribution in [0.3, 0.4) is 0 Å². The van der Waals surface area contributed by atoms with E-state index in [1.54, 1.807) is 11.8 Å². The van der Waals surface area contributed by atoms with Gasteiger partial charge in [-0.15, -0.1) is 10.2 Å². The Labute approximate surface area is 137 Å². The molecule has 4 rings (SSSR count). The Morgan fingerprint density at radius 1 is 1.33 bits per heavy atom. The van der Waals surface area contributed by atoms with Crippen molar-refractivity contribution in [2.24, 2.45) is 0 Å². The van der Waals surface area contributed by atoms with E-state index in [4.69, 9.17) is 9.15 Å². The highest BCUT2D eigenvalue weighted by molar-refractivity contribution is 6.05. The van der Waals surface area contributed by atoms with Crippen LogP contribution in [0, 0.1) is 13.8 Å². The summed E-state index contributed by atoms with van der Waals surface area (Å²) < 4.78 is 11.0. The van der Waals surface area contributed by atoms with Crippen LogP contribution in [0.2, 0.25) is 0 Å². The predicted octanol–water partition coefficient (Wildman–Crippen LogP) is 1.78. The Morgan fingerprint density at radius 3 is 3.00 bits per heavy atom. The van der Waals surface area contributed by atoms with E-state index in [-0.39, 0.29) is 5.91 Å². The van der Waals surface area contributed by atoms with Crippen LogP contribution >= 0.6 is 0 Å². The van der Waals surface area contributed by atoms with E-state index >= 15 is 0 Å². The molecule has 0 radical (unpaired) electrons. The summed E-state index contributed by atoms with van der Waals surface area (Å²) in [6, 6.07) is 5.46. The van der Waals surface area contributed by atoms with E-state index in [1.165, 1.54) is 0 Å². The number of aromatic nitrogens is 4. The number of hydrogen-bond acceptors (Lipinski definition) is 6. The zero-order valence-electron chi connectivity index (χ0n) is 13.4. The number of aromatic amines is 1. The maximum atomic E-state index is 13.1. The van der Waals surface area contributed by atoms with Crippen molar-refractivity contribution in [2.75, 3.05) is 19.8 Å². The lowest BCUT2D eigenvalue weighted by atomic mass is 10.1. The Balaban J connectivity index is 1.71. The van der Waals surface area contributed by atoms with E-state index in [9.17, 15) is 4.79 Å². The summed E-state index contributed by atoms with van der Waals surface area (Å²) in [5.74, 6) is 0.677. The third-order valence-corrected chi connectivity index (χ3v) is 4.14. The van der Waals surface area contributed by atoms with Crippen molar-refractivity contribution in [1.29, 1.82) is 0 Å². The second-order valence-electron chi connectivity index (χ2n) is 5.87. The monoisotopic (exact) mass is 327 g/mol. The molecule has 3 aromatic rings. The molecule has 0 spiro atoms. The van der Waals surface area contributed by atoms with Gasteiger partial charge in [0.2, 0.25) is 11.8 Å². The summed E-state index contributed by atoms with van der Waals surface area (Å²) in [5.41, 5.74) is 2.31. The Hall–Kier alpha value is -2.74. The lowest BCUT2D eigenvalue weighted by Crippen LogP contribution is -2.43. The van der Waals surface area contributed by atoms with E-state index in [2.05, 4.69) is 20.4 Å². The average Bonchev–Trinajstić information content (AvgIpc) is 3.20. The number of morpholine rings is 1. The number of nitrogens with one attached hydrogen (secondary N) is 1. The van der Waals surface area contributed by atoms with Gasteiger partial charge in [0.1, 0.15) is 6.04 Å². The summed E-state index contributed by atoms with van der Waals surface area (Å²) in [7, 11) is 0. The second-order valence-corrected chi connectivity index (χ2v) is 5.87. The molecule has 2 aromatic heterocycles. The molecule has 1 saturated heterocycles. The van der Waals surface area contributed by atoms with Crippen molar-refractivity contribution in [3.63, 3.8) is 0 Å². The molecule has 1 aliphatic heterocycles. The third-order valence-electron chi connectivity index (χ3n) is 4.14. The minimum Gasteiger partial charge on any atom is -0.423 e. The second kappa shape index (κ2) is 5.72. The first-order chi connectivity index (χ1) is 11.6.